The molecule has 2 aromatic carbocycles. The lowest BCUT2D eigenvalue weighted by Crippen LogP contribution is -2.16. The summed E-state index contributed by atoms with van der Waals surface area (Å²) in [6, 6.07) is 15.3. The lowest BCUT2D eigenvalue weighted by molar-refractivity contribution is 0.192. The summed E-state index contributed by atoms with van der Waals surface area (Å²) in [6.45, 7) is 0.411. The summed E-state index contributed by atoms with van der Waals surface area (Å²) in [5.74, 6) is 0. The van der Waals surface area contributed by atoms with Crippen LogP contribution >= 0.6 is 11.6 Å². The molecule has 0 saturated heterocycles. The third-order valence-electron chi connectivity index (χ3n) is 3.14. The van der Waals surface area contributed by atoms with E-state index in [0.717, 1.165) is 16.9 Å². The second-order valence-corrected chi connectivity index (χ2v) is 5.24. The number of halogens is 1. The molecule has 0 aliphatic rings. The zero-order valence-corrected chi connectivity index (χ0v) is 12.4. The van der Waals surface area contributed by atoms with Gasteiger partial charge in [-0.1, -0.05) is 41.9 Å². The quantitative estimate of drug-likeness (QED) is 0.884. The number of hydrogen-bond acceptors (Lipinski definition) is 3. The summed E-state index contributed by atoms with van der Waals surface area (Å²) in [4.78, 5) is 2.03. The van der Waals surface area contributed by atoms with Crippen LogP contribution in [0.15, 0.2) is 48.5 Å². The zero-order valence-electron chi connectivity index (χ0n) is 11.7. The van der Waals surface area contributed by atoms with Gasteiger partial charge in [-0.05, 0) is 18.2 Å². The minimum absolute atomic E-state index is 0.411. The van der Waals surface area contributed by atoms with Crippen LogP contribution in [0.1, 0.15) is 11.7 Å². The van der Waals surface area contributed by atoms with Gasteiger partial charge in [-0.15, -0.1) is 0 Å². The highest BCUT2D eigenvalue weighted by Crippen LogP contribution is 2.26. The molecule has 1 unspecified atom stereocenters. The molecule has 2 aromatic rings. The Morgan fingerprint density at radius 1 is 1.10 bits per heavy atom. The van der Waals surface area contributed by atoms with Crippen LogP contribution < -0.4 is 10.2 Å². The summed E-state index contributed by atoms with van der Waals surface area (Å²) in [5, 5.41) is 14.1. The van der Waals surface area contributed by atoms with Crippen molar-refractivity contribution in [2.75, 3.05) is 30.9 Å². The molecule has 0 heterocycles. The van der Waals surface area contributed by atoms with Crippen LogP contribution in [0.2, 0.25) is 5.02 Å². The van der Waals surface area contributed by atoms with E-state index in [1.54, 1.807) is 6.07 Å². The molecule has 0 radical (unpaired) electrons. The number of aliphatic hydroxyl groups is 1. The largest absolute Gasteiger partial charge is 0.387 e. The fourth-order valence-corrected chi connectivity index (χ4v) is 2.34. The van der Waals surface area contributed by atoms with Gasteiger partial charge in [0.25, 0.3) is 0 Å². The molecule has 2 N–H and O–H groups in total. The maximum absolute atomic E-state index is 10.2. The van der Waals surface area contributed by atoms with Crippen molar-refractivity contribution in [1.29, 1.82) is 0 Å². The third kappa shape index (κ3) is 3.44. The van der Waals surface area contributed by atoms with Crippen LogP contribution in [0, 0.1) is 0 Å². The third-order valence-corrected chi connectivity index (χ3v) is 3.48. The van der Waals surface area contributed by atoms with E-state index in [2.05, 4.69) is 5.32 Å². The van der Waals surface area contributed by atoms with Gasteiger partial charge in [0.2, 0.25) is 0 Å². The summed E-state index contributed by atoms with van der Waals surface area (Å²) in [6.07, 6.45) is -0.640. The van der Waals surface area contributed by atoms with E-state index in [9.17, 15) is 5.11 Å². The fourth-order valence-electron chi connectivity index (χ4n) is 2.08. The molecule has 20 heavy (non-hydrogen) atoms. The zero-order chi connectivity index (χ0) is 14.5. The molecule has 4 heteroatoms. The second kappa shape index (κ2) is 6.64. The summed E-state index contributed by atoms with van der Waals surface area (Å²) >= 11 is 6.09. The van der Waals surface area contributed by atoms with Gasteiger partial charge >= 0.3 is 0 Å². The Balaban J connectivity index is 2.08. The minimum atomic E-state index is -0.640. The van der Waals surface area contributed by atoms with Crippen molar-refractivity contribution in [3.63, 3.8) is 0 Å². The van der Waals surface area contributed by atoms with Gasteiger partial charge in [-0.2, -0.15) is 0 Å². The van der Waals surface area contributed by atoms with E-state index in [4.69, 9.17) is 11.6 Å². The van der Waals surface area contributed by atoms with Gasteiger partial charge in [-0.25, -0.2) is 0 Å². The predicted octanol–water partition coefficient (Wildman–Crippen LogP) is 3.55. The molecule has 0 aliphatic carbocycles. The maximum Gasteiger partial charge on any atom is 0.0976 e. The number of aliphatic hydroxyl groups excluding tert-OH is 1. The van der Waals surface area contributed by atoms with E-state index in [-0.39, 0.29) is 0 Å². The lowest BCUT2D eigenvalue weighted by atomic mass is 10.1. The number of rotatable bonds is 5. The Morgan fingerprint density at radius 3 is 2.45 bits per heavy atom. The second-order valence-electron chi connectivity index (χ2n) is 4.83. The molecule has 0 aliphatic heterocycles. The number of nitrogens with zero attached hydrogens (tertiary/aromatic N) is 1. The van der Waals surface area contributed by atoms with Gasteiger partial charge in [-0.3, -0.25) is 0 Å². The highest BCUT2D eigenvalue weighted by molar-refractivity contribution is 6.31. The van der Waals surface area contributed by atoms with Crippen molar-refractivity contribution in [1.82, 2.24) is 0 Å². The number of anilines is 2. The molecule has 106 valence electrons. The Bertz CT molecular complexity index is 572. The molecule has 2 rings (SSSR count). The van der Waals surface area contributed by atoms with E-state index >= 15 is 0 Å². The smallest absolute Gasteiger partial charge is 0.0976 e. The van der Waals surface area contributed by atoms with Crippen molar-refractivity contribution in [3.05, 3.63) is 59.1 Å². The van der Waals surface area contributed by atoms with Crippen LogP contribution in [0.3, 0.4) is 0 Å². The summed E-state index contributed by atoms with van der Waals surface area (Å²) in [5.41, 5.74) is 2.81. The van der Waals surface area contributed by atoms with Gasteiger partial charge in [0, 0.05) is 31.2 Å². The predicted molar refractivity (Wildman–Crippen MR) is 85.7 cm³/mol. The molecule has 0 aromatic heterocycles. The van der Waals surface area contributed by atoms with E-state index in [0.29, 0.717) is 11.6 Å². The van der Waals surface area contributed by atoms with Crippen LogP contribution in [-0.4, -0.2) is 25.7 Å². The first-order valence-electron chi connectivity index (χ1n) is 6.52. The maximum atomic E-state index is 10.2. The van der Waals surface area contributed by atoms with E-state index in [1.165, 1.54) is 0 Å². The van der Waals surface area contributed by atoms with Crippen molar-refractivity contribution >= 4 is 23.0 Å². The molecule has 1 atom stereocenters. The van der Waals surface area contributed by atoms with Gasteiger partial charge in [0.15, 0.2) is 0 Å². The first-order chi connectivity index (χ1) is 9.59. The highest BCUT2D eigenvalue weighted by atomic mass is 35.5. The Hall–Kier alpha value is -1.71. The van der Waals surface area contributed by atoms with Crippen molar-refractivity contribution < 1.29 is 5.11 Å². The number of benzene rings is 2. The van der Waals surface area contributed by atoms with E-state index in [1.807, 2.05) is 61.5 Å². The minimum Gasteiger partial charge on any atom is -0.387 e. The summed E-state index contributed by atoms with van der Waals surface area (Å²) in [7, 11) is 3.98. The number of para-hydroxylation sites is 2. The Morgan fingerprint density at radius 2 is 1.75 bits per heavy atom. The van der Waals surface area contributed by atoms with Gasteiger partial charge in [0.05, 0.1) is 17.5 Å². The molecule has 0 amide bonds. The molecular formula is C16H19ClN2O. The molecular weight excluding hydrogens is 272 g/mol. The fraction of sp³-hybridized carbons (Fsp3) is 0.250. The SMILES string of the molecule is CN(C)c1ccccc1NCC(O)c1ccccc1Cl. The molecule has 3 nitrogen and oxygen atoms in total. The average Bonchev–Trinajstić information content (AvgIpc) is 2.45. The standard InChI is InChI=1S/C16H19ClN2O/c1-19(2)15-10-6-5-9-14(15)18-11-16(20)12-7-3-4-8-13(12)17/h3-10,16,18,20H,11H2,1-2H3. The molecule has 0 spiro atoms. The van der Waals surface area contributed by atoms with Crippen molar-refractivity contribution in [3.8, 4) is 0 Å². The van der Waals surface area contributed by atoms with Crippen LogP contribution in [0.5, 0.6) is 0 Å². The first-order valence-corrected chi connectivity index (χ1v) is 6.90. The molecule has 0 saturated carbocycles. The average molecular weight is 291 g/mol. The Kier molecular flexibility index (Phi) is 4.88. The topological polar surface area (TPSA) is 35.5 Å². The van der Waals surface area contributed by atoms with Gasteiger partial charge in [0.1, 0.15) is 0 Å². The number of nitrogens with one attached hydrogen (secondary N) is 1. The molecule has 0 fully saturated rings. The van der Waals surface area contributed by atoms with Crippen LogP contribution in [0.25, 0.3) is 0 Å². The number of hydrogen-bond donors (Lipinski definition) is 2. The van der Waals surface area contributed by atoms with E-state index < -0.39 is 6.10 Å². The highest BCUT2D eigenvalue weighted by Gasteiger charge is 2.11. The summed E-state index contributed by atoms with van der Waals surface area (Å²) < 4.78 is 0. The monoisotopic (exact) mass is 290 g/mol. The van der Waals surface area contributed by atoms with Crippen LogP contribution in [0.4, 0.5) is 11.4 Å². The normalized spacial score (nSPS) is 12.0. The Labute approximate surface area is 124 Å². The molecule has 0 bridgehead atoms. The van der Waals surface area contributed by atoms with Crippen molar-refractivity contribution in [2.45, 2.75) is 6.10 Å². The van der Waals surface area contributed by atoms with Gasteiger partial charge < -0.3 is 15.3 Å². The van der Waals surface area contributed by atoms with Crippen molar-refractivity contribution in [2.24, 2.45) is 0 Å². The first kappa shape index (κ1) is 14.7. The lowest BCUT2D eigenvalue weighted by Gasteiger charge is -2.20. The van der Waals surface area contributed by atoms with Crippen LogP contribution in [-0.2, 0) is 0 Å².